The highest BCUT2D eigenvalue weighted by Crippen LogP contribution is 2.31. The van der Waals surface area contributed by atoms with Crippen LogP contribution in [0.15, 0.2) is 12.3 Å². The number of carbonyl (C=O) groups excluding carboxylic acids is 1. The van der Waals surface area contributed by atoms with Gasteiger partial charge in [-0.2, -0.15) is 13.2 Å². The summed E-state index contributed by atoms with van der Waals surface area (Å²) in [5, 5.41) is -0.337. The minimum atomic E-state index is -4.43. The molecule has 1 rings (SSSR count). The molecule has 1 amide bonds. The van der Waals surface area contributed by atoms with E-state index < -0.39 is 11.7 Å². The molecule has 0 fully saturated rings. The van der Waals surface area contributed by atoms with Crippen molar-refractivity contribution in [2.24, 2.45) is 0 Å². The molecule has 0 N–H and O–H groups in total. The number of alkyl halides is 3. The van der Waals surface area contributed by atoms with Gasteiger partial charge in [0.15, 0.2) is 0 Å². The molecule has 17 heavy (non-hydrogen) atoms. The zero-order valence-electron chi connectivity index (χ0n) is 8.92. The minimum absolute atomic E-state index is 0.135. The number of amides is 1. The average Bonchev–Trinajstić information content (AvgIpc) is 2.21. The Morgan fingerprint density at radius 1 is 1.35 bits per heavy atom. The van der Waals surface area contributed by atoms with Crippen molar-refractivity contribution in [3.05, 3.63) is 28.0 Å². The van der Waals surface area contributed by atoms with E-state index in [2.05, 4.69) is 4.98 Å². The second-order valence-electron chi connectivity index (χ2n) is 3.06. The van der Waals surface area contributed by atoms with E-state index in [-0.39, 0.29) is 10.2 Å². The summed E-state index contributed by atoms with van der Waals surface area (Å²) < 4.78 is 35.9. The quantitative estimate of drug-likeness (QED) is 0.588. The van der Waals surface area contributed by atoms with Gasteiger partial charge in [-0.05, 0) is 6.07 Å². The Kier molecular flexibility index (Phi) is 6.26. The van der Waals surface area contributed by atoms with Gasteiger partial charge in [-0.25, -0.2) is 4.98 Å². The van der Waals surface area contributed by atoms with Gasteiger partial charge in [-0.1, -0.05) is 23.2 Å². The van der Waals surface area contributed by atoms with Crippen molar-refractivity contribution in [2.45, 2.75) is 6.18 Å². The van der Waals surface area contributed by atoms with Gasteiger partial charge in [-0.3, -0.25) is 4.79 Å². The van der Waals surface area contributed by atoms with Crippen molar-refractivity contribution in [1.29, 1.82) is 0 Å². The Balaban J connectivity index is 0.000000437. The van der Waals surface area contributed by atoms with E-state index in [0.29, 0.717) is 6.20 Å². The highest BCUT2D eigenvalue weighted by molar-refractivity contribution is 6.41. The maximum absolute atomic E-state index is 12.0. The van der Waals surface area contributed by atoms with E-state index >= 15 is 0 Å². The number of pyridine rings is 1. The van der Waals surface area contributed by atoms with E-state index in [0.717, 1.165) is 12.5 Å². The predicted molar refractivity (Wildman–Crippen MR) is 59.0 cm³/mol. The molecule has 0 bridgehead atoms. The van der Waals surface area contributed by atoms with Crippen LogP contribution in [0.2, 0.25) is 10.2 Å². The molecule has 0 atom stereocenters. The first-order valence-electron chi connectivity index (χ1n) is 4.18. The number of aromatic nitrogens is 1. The summed E-state index contributed by atoms with van der Waals surface area (Å²) >= 11 is 10.6. The van der Waals surface area contributed by atoms with Crippen LogP contribution < -0.4 is 0 Å². The third-order valence-corrected chi connectivity index (χ3v) is 2.02. The van der Waals surface area contributed by atoms with Gasteiger partial charge >= 0.3 is 6.18 Å². The largest absolute Gasteiger partial charge is 0.417 e. The number of carbonyl (C=O) groups is 1. The first-order valence-corrected chi connectivity index (χ1v) is 4.94. The molecule has 1 aromatic rings. The lowest BCUT2D eigenvalue weighted by atomic mass is 10.3. The molecule has 0 aliphatic heterocycles. The molecular weight excluding hydrogens is 280 g/mol. The van der Waals surface area contributed by atoms with Gasteiger partial charge in [0.2, 0.25) is 6.41 Å². The molecule has 0 saturated carbocycles. The summed E-state index contributed by atoms with van der Waals surface area (Å²) in [4.78, 5) is 14.1. The van der Waals surface area contributed by atoms with Crippen LogP contribution in [0.5, 0.6) is 0 Å². The Labute approximate surface area is 106 Å². The van der Waals surface area contributed by atoms with Gasteiger partial charge in [0.25, 0.3) is 0 Å². The van der Waals surface area contributed by atoms with E-state index in [1.807, 2.05) is 0 Å². The molecule has 96 valence electrons. The molecule has 0 radical (unpaired) electrons. The number of hydrogen-bond donors (Lipinski definition) is 0. The number of halogens is 5. The van der Waals surface area contributed by atoms with E-state index in [1.54, 1.807) is 14.1 Å². The van der Waals surface area contributed by atoms with Crippen LogP contribution in [0.4, 0.5) is 13.2 Å². The minimum Gasteiger partial charge on any atom is -0.351 e. The SMILES string of the molecule is CN(C)C=O.FC(F)(F)c1cnc(Cl)c(Cl)c1. The van der Waals surface area contributed by atoms with Crippen LogP contribution in [0.1, 0.15) is 5.56 Å². The van der Waals surface area contributed by atoms with Crippen molar-refractivity contribution in [3.63, 3.8) is 0 Å². The summed E-state index contributed by atoms with van der Waals surface area (Å²) in [7, 11) is 3.38. The topological polar surface area (TPSA) is 33.2 Å². The first-order chi connectivity index (χ1) is 7.68. The molecule has 0 aliphatic carbocycles. The van der Waals surface area contributed by atoms with Crippen LogP contribution in [-0.2, 0) is 11.0 Å². The van der Waals surface area contributed by atoms with Crippen LogP contribution in [0.3, 0.4) is 0 Å². The normalized spacial score (nSPS) is 10.3. The standard InChI is InChI=1S/C6H2Cl2F3N.C3H7NO/c7-4-1-3(6(9,10)11)2-12-5(4)8;1-4(2)3-5/h1-2H;3H,1-2H3. The molecule has 0 aliphatic rings. The lowest BCUT2D eigenvalue weighted by Crippen LogP contribution is -2.06. The maximum atomic E-state index is 12.0. The number of rotatable bonds is 1. The zero-order chi connectivity index (χ0) is 13.6. The molecule has 0 aromatic carbocycles. The Hall–Kier alpha value is -1.01. The number of hydrogen-bond acceptors (Lipinski definition) is 2. The lowest BCUT2D eigenvalue weighted by molar-refractivity contribution is -0.137. The predicted octanol–water partition coefficient (Wildman–Crippen LogP) is 3.11. The molecule has 3 nitrogen and oxygen atoms in total. The summed E-state index contributed by atoms with van der Waals surface area (Å²) in [6.45, 7) is 0. The molecule has 0 unspecified atom stereocenters. The monoisotopic (exact) mass is 288 g/mol. The van der Waals surface area contributed by atoms with Crippen molar-refractivity contribution in [1.82, 2.24) is 9.88 Å². The molecule has 1 heterocycles. The fraction of sp³-hybridized carbons (Fsp3) is 0.333. The van der Waals surface area contributed by atoms with Gasteiger partial charge in [-0.15, -0.1) is 0 Å². The van der Waals surface area contributed by atoms with Crippen LogP contribution in [0.25, 0.3) is 0 Å². The highest BCUT2D eigenvalue weighted by atomic mass is 35.5. The van der Waals surface area contributed by atoms with Crippen LogP contribution >= 0.6 is 23.2 Å². The second-order valence-corrected chi connectivity index (χ2v) is 3.83. The summed E-state index contributed by atoms with van der Waals surface area (Å²) in [6, 6.07) is 0.733. The zero-order valence-corrected chi connectivity index (χ0v) is 10.4. The fourth-order valence-corrected chi connectivity index (χ4v) is 0.846. The van der Waals surface area contributed by atoms with Gasteiger partial charge < -0.3 is 4.90 Å². The molecule has 0 saturated heterocycles. The molecule has 0 spiro atoms. The highest BCUT2D eigenvalue weighted by Gasteiger charge is 2.31. The Morgan fingerprint density at radius 2 is 1.82 bits per heavy atom. The first kappa shape index (κ1) is 16.0. The third kappa shape index (κ3) is 6.33. The second kappa shape index (κ2) is 6.66. The Morgan fingerprint density at radius 3 is 2.12 bits per heavy atom. The lowest BCUT2D eigenvalue weighted by Gasteiger charge is -2.05. The van der Waals surface area contributed by atoms with Crippen LogP contribution in [0, 0.1) is 0 Å². The molecule has 1 aromatic heterocycles. The summed E-state index contributed by atoms with van der Waals surface area (Å²) in [5.41, 5.74) is -0.906. The molecule has 8 heteroatoms. The van der Waals surface area contributed by atoms with Gasteiger partial charge in [0, 0.05) is 20.3 Å². The fourth-order valence-electron chi connectivity index (χ4n) is 0.576. The number of nitrogens with zero attached hydrogens (tertiary/aromatic N) is 2. The van der Waals surface area contributed by atoms with Crippen molar-refractivity contribution >= 4 is 29.6 Å². The van der Waals surface area contributed by atoms with E-state index in [4.69, 9.17) is 23.2 Å². The van der Waals surface area contributed by atoms with Gasteiger partial charge in [0.1, 0.15) is 5.15 Å². The van der Waals surface area contributed by atoms with Crippen LogP contribution in [-0.4, -0.2) is 30.4 Å². The van der Waals surface area contributed by atoms with Crippen molar-refractivity contribution < 1.29 is 18.0 Å². The van der Waals surface area contributed by atoms with Gasteiger partial charge in [0.05, 0.1) is 10.6 Å². The summed E-state index contributed by atoms with van der Waals surface area (Å²) in [6.07, 6.45) is -3.05. The Bertz CT molecular complexity index is 383. The summed E-state index contributed by atoms with van der Waals surface area (Å²) in [5.74, 6) is 0. The maximum Gasteiger partial charge on any atom is 0.417 e. The van der Waals surface area contributed by atoms with Crippen molar-refractivity contribution in [2.75, 3.05) is 14.1 Å². The van der Waals surface area contributed by atoms with Crippen molar-refractivity contribution in [3.8, 4) is 0 Å². The third-order valence-electron chi connectivity index (χ3n) is 1.33. The molecular formula is C9H9Cl2F3N2O. The smallest absolute Gasteiger partial charge is 0.351 e. The average molecular weight is 289 g/mol. The van der Waals surface area contributed by atoms with E-state index in [9.17, 15) is 18.0 Å². The van der Waals surface area contributed by atoms with E-state index in [1.165, 1.54) is 4.90 Å².